The van der Waals surface area contributed by atoms with Crippen LogP contribution in [-0.4, -0.2) is 29.5 Å². The van der Waals surface area contributed by atoms with Gasteiger partial charge in [0.05, 0.1) is 18.9 Å². The van der Waals surface area contributed by atoms with Gasteiger partial charge in [0, 0.05) is 29.6 Å². The van der Waals surface area contributed by atoms with E-state index in [1.165, 1.54) is 18.6 Å². The van der Waals surface area contributed by atoms with Gasteiger partial charge in [0.2, 0.25) is 0 Å². The molecule has 1 aromatic carbocycles. The highest BCUT2D eigenvalue weighted by Crippen LogP contribution is 2.56. The van der Waals surface area contributed by atoms with Gasteiger partial charge in [0.15, 0.2) is 5.79 Å². The minimum Gasteiger partial charge on any atom is -0.347 e. The molecule has 1 aliphatic heterocycles. The van der Waals surface area contributed by atoms with E-state index in [9.17, 15) is 4.39 Å². The number of aromatic nitrogens is 1. The minimum absolute atomic E-state index is 0.0208. The van der Waals surface area contributed by atoms with E-state index in [-0.39, 0.29) is 17.3 Å². The maximum atomic E-state index is 13.5. The van der Waals surface area contributed by atoms with Gasteiger partial charge in [-0.3, -0.25) is 4.98 Å². The Labute approximate surface area is 170 Å². The van der Waals surface area contributed by atoms with Gasteiger partial charge in [-0.05, 0) is 48.6 Å². The molecule has 2 saturated carbocycles. The lowest BCUT2D eigenvalue weighted by Crippen LogP contribution is -2.53. The van der Waals surface area contributed by atoms with Crippen LogP contribution in [0.5, 0.6) is 0 Å². The smallest absolute Gasteiger partial charge is 0.176 e. The van der Waals surface area contributed by atoms with E-state index in [0.717, 1.165) is 42.5 Å². The quantitative estimate of drug-likeness (QED) is 0.830. The van der Waals surface area contributed by atoms with Gasteiger partial charge < -0.3 is 15.2 Å². The average Bonchev–Trinajstić information content (AvgIpc) is 3.29. The van der Waals surface area contributed by atoms with Crippen molar-refractivity contribution >= 4 is 6.08 Å². The Kier molecular flexibility index (Phi) is 4.77. The molecule has 2 N–H and O–H groups in total. The van der Waals surface area contributed by atoms with Gasteiger partial charge in [-0.2, -0.15) is 0 Å². The zero-order valence-corrected chi connectivity index (χ0v) is 16.5. The van der Waals surface area contributed by atoms with Crippen molar-refractivity contribution in [2.45, 2.75) is 43.4 Å². The van der Waals surface area contributed by atoms with Crippen LogP contribution in [0.1, 0.15) is 37.8 Å². The summed E-state index contributed by atoms with van der Waals surface area (Å²) in [5, 5.41) is 0. The van der Waals surface area contributed by atoms with Crippen LogP contribution in [0.25, 0.3) is 17.2 Å². The molecule has 152 valence electrons. The van der Waals surface area contributed by atoms with E-state index in [1.807, 2.05) is 24.3 Å². The Morgan fingerprint density at radius 3 is 2.72 bits per heavy atom. The summed E-state index contributed by atoms with van der Waals surface area (Å²) in [7, 11) is 0. The summed E-state index contributed by atoms with van der Waals surface area (Å²) in [6.45, 7) is 1.27. The molecule has 4 nitrogen and oxygen atoms in total. The number of halogens is 1. The van der Waals surface area contributed by atoms with Crippen molar-refractivity contribution in [2.24, 2.45) is 17.6 Å². The van der Waals surface area contributed by atoms with Crippen molar-refractivity contribution in [2.75, 3.05) is 13.2 Å². The molecule has 0 unspecified atom stereocenters. The lowest BCUT2D eigenvalue weighted by atomic mass is 9.71. The van der Waals surface area contributed by atoms with Gasteiger partial charge in [-0.25, -0.2) is 4.39 Å². The maximum absolute atomic E-state index is 13.5. The summed E-state index contributed by atoms with van der Waals surface area (Å²) in [6.07, 6.45) is 11.4. The third-order valence-electron chi connectivity index (χ3n) is 6.94. The van der Waals surface area contributed by atoms with Crippen LogP contribution in [0.3, 0.4) is 0 Å². The average molecular weight is 394 g/mol. The highest BCUT2D eigenvalue weighted by molar-refractivity contribution is 5.63. The molecular formula is C24H27FN2O2. The van der Waals surface area contributed by atoms with Gasteiger partial charge in [-0.15, -0.1) is 0 Å². The second-order valence-corrected chi connectivity index (χ2v) is 8.59. The molecule has 0 amide bonds. The minimum atomic E-state index is -0.582. The van der Waals surface area contributed by atoms with E-state index in [1.54, 1.807) is 12.3 Å². The first-order valence-corrected chi connectivity index (χ1v) is 10.6. The molecule has 3 aliphatic rings. The first kappa shape index (κ1) is 18.9. The highest BCUT2D eigenvalue weighted by atomic mass is 19.1. The van der Waals surface area contributed by atoms with Crippen molar-refractivity contribution in [1.29, 1.82) is 0 Å². The van der Waals surface area contributed by atoms with E-state index in [4.69, 9.17) is 15.2 Å². The second-order valence-electron chi connectivity index (χ2n) is 8.59. The number of ether oxygens (including phenoxy) is 2. The van der Waals surface area contributed by atoms with Gasteiger partial charge in [0.25, 0.3) is 0 Å². The molecule has 2 aliphatic carbocycles. The molecule has 5 heteroatoms. The number of nitrogens with zero attached hydrogens (tertiary/aromatic N) is 1. The molecule has 3 fully saturated rings. The van der Waals surface area contributed by atoms with E-state index < -0.39 is 5.79 Å². The van der Waals surface area contributed by atoms with Gasteiger partial charge in [0.1, 0.15) is 5.82 Å². The zero-order chi connectivity index (χ0) is 19.9. The molecular weight excluding hydrogens is 367 g/mol. The number of pyridine rings is 1. The molecule has 1 saturated heterocycles. The van der Waals surface area contributed by atoms with Crippen LogP contribution in [-0.2, 0) is 9.47 Å². The Hall–Kier alpha value is -2.08. The SMILES string of the molecule is N[C@@]12CCCC[C@@H]1CC1(OCCO1)[C@H]2/C=C/c1ccc(-c2cccc(F)c2)cn1. The topological polar surface area (TPSA) is 57.4 Å². The molecule has 2 heterocycles. The standard InChI is InChI=1S/C24H27FN2O2/c25-20-6-3-4-17(14-20)18-7-8-21(27-16-18)9-10-22-23(26)11-2-1-5-19(23)15-24(22)28-12-13-29-24/h3-4,6-10,14,16,19,22H,1-2,5,11-13,15,26H2/b10-9+/t19-,22+,23+/m1/s1. The van der Waals surface area contributed by atoms with Crippen LogP contribution >= 0.6 is 0 Å². The fraction of sp³-hybridized carbons (Fsp3) is 0.458. The maximum Gasteiger partial charge on any atom is 0.176 e. The fourth-order valence-corrected chi connectivity index (χ4v) is 5.51. The van der Waals surface area contributed by atoms with Gasteiger partial charge >= 0.3 is 0 Å². The number of hydrogen-bond donors (Lipinski definition) is 1. The summed E-state index contributed by atoms with van der Waals surface area (Å²) in [5.41, 5.74) is 9.26. The lowest BCUT2D eigenvalue weighted by molar-refractivity contribution is -0.176. The lowest BCUT2D eigenvalue weighted by Gasteiger charge is -2.40. The predicted octanol–water partition coefficient (Wildman–Crippen LogP) is 4.55. The van der Waals surface area contributed by atoms with Gasteiger partial charge in [-0.1, -0.05) is 37.1 Å². The van der Waals surface area contributed by atoms with Crippen LogP contribution in [0.2, 0.25) is 0 Å². The molecule has 0 radical (unpaired) electrons. The summed E-state index contributed by atoms with van der Waals surface area (Å²) in [4.78, 5) is 4.56. The number of fused-ring (bicyclic) bond motifs is 1. The first-order chi connectivity index (χ1) is 14.1. The Morgan fingerprint density at radius 2 is 1.97 bits per heavy atom. The van der Waals surface area contributed by atoms with E-state index in [2.05, 4.69) is 11.1 Å². The van der Waals surface area contributed by atoms with Crippen LogP contribution in [0.4, 0.5) is 4.39 Å². The largest absolute Gasteiger partial charge is 0.347 e. The summed E-state index contributed by atoms with van der Waals surface area (Å²) >= 11 is 0. The third-order valence-corrected chi connectivity index (χ3v) is 6.94. The summed E-state index contributed by atoms with van der Waals surface area (Å²) < 4.78 is 25.8. The number of rotatable bonds is 3. The normalized spacial score (nSPS) is 30.8. The monoisotopic (exact) mass is 394 g/mol. The van der Waals surface area contributed by atoms with Crippen molar-refractivity contribution in [3.8, 4) is 11.1 Å². The number of benzene rings is 1. The molecule has 0 bridgehead atoms. The molecule has 5 rings (SSSR count). The molecule has 1 aromatic heterocycles. The Balaban J connectivity index is 1.40. The highest BCUT2D eigenvalue weighted by Gasteiger charge is 2.62. The van der Waals surface area contributed by atoms with Crippen LogP contribution < -0.4 is 5.73 Å². The molecule has 2 aromatic rings. The second kappa shape index (κ2) is 7.31. The van der Waals surface area contributed by atoms with E-state index >= 15 is 0 Å². The van der Waals surface area contributed by atoms with Crippen molar-refractivity contribution < 1.29 is 13.9 Å². The first-order valence-electron chi connectivity index (χ1n) is 10.6. The van der Waals surface area contributed by atoms with Crippen molar-refractivity contribution in [1.82, 2.24) is 4.98 Å². The Morgan fingerprint density at radius 1 is 1.10 bits per heavy atom. The Bertz CT molecular complexity index is 905. The zero-order valence-electron chi connectivity index (χ0n) is 16.5. The third kappa shape index (κ3) is 3.31. The molecule has 3 atom stereocenters. The molecule has 1 spiro atoms. The van der Waals surface area contributed by atoms with Crippen molar-refractivity contribution in [3.05, 3.63) is 60.2 Å². The predicted molar refractivity (Wildman–Crippen MR) is 110 cm³/mol. The fourth-order valence-electron chi connectivity index (χ4n) is 5.51. The number of hydrogen-bond acceptors (Lipinski definition) is 4. The van der Waals surface area contributed by atoms with Crippen molar-refractivity contribution in [3.63, 3.8) is 0 Å². The number of nitrogens with two attached hydrogens (primary N) is 1. The molecule has 29 heavy (non-hydrogen) atoms. The van der Waals surface area contributed by atoms with Crippen LogP contribution in [0.15, 0.2) is 48.7 Å². The summed E-state index contributed by atoms with van der Waals surface area (Å²) in [6, 6.07) is 10.5. The summed E-state index contributed by atoms with van der Waals surface area (Å²) in [5.74, 6) is -0.369. The van der Waals surface area contributed by atoms with E-state index in [0.29, 0.717) is 19.1 Å². The van der Waals surface area contributed by atoms with Crippen LogP contribution in [0, 0.1) is 17.7 Å².